The summed E-state index contributed by atoms with van der Waals surface area (Å²) in [7, 11) is -4.65. The maximum absolute atomic E-state index is 12.8. The SMILES string of the molecule is [2H]C1([2H])CC([2H])([2H])N(CCCl)P(=O)(NC([2H])([2H])C([2H])([2H])Cl)O1. The zero-order valence-corrected chi connectivity index (χ0v) is 9.49. The van der Waals surface area contributed by atoms with E-state index in [9.17, 15) is 4.57 Å². The summed E-state index contributed by atoms with van der Waals surface area (Å²) >= 11 is 10.8. The lowest BCUT2D eigenvalue weighted by Crippen LogP contribution is -2.36. The van der Waals surface area contributed by atoms with Crippen LogP contribution in [0, 0.1) is 0 Å². The summed E-state index contributed by atoms with van der Waals surface area (Å²) in [6.07, 6.45) is -0.778. The summed E-state index contributed by atoms with van der Waals surface area (Å²) in [4.78, 5) is 0. The third-order valence-corrected chi connectivity index (χ3v) is 3.39. The second-order valence-corrected chi connectivity index (χ2v) is 4.73. The first-order valence-corrected chi connectivity index (χ1v) is 6.19. The number of nitrogens with zero attached hydrogens (tertiary/aromatic N) is 1. The fourth-order valence-corrected chi connectivity index (χ4v) is 2.57. The Morgan fingerprint density at radius 2 is 2.50 bits per heavy atom. The fourth-order valence-electron chi connectivity index (χ4n) is 0.851. The van der Waals surface area contributed by atoms with Crippen molar-refractivity contribution in [2.24, 2.45) is 0 Å². The highest BCUT2D eigenvalue weighted by Gasteiger charge is 2.33. The predicted octanol–water partition coefficient (Wildman–Crippen LogP) is 1.88. The van der Waals surface area contributed by atoms with Gasteiger partial charge in [-0.2, -0.15) is 0 Å². The highest BCUT2D eigenvalue weighted by molar-refractivity contribution is 7.54. The molecule has 0 aromatic heterocycles. The Balaban J connectivity index is 3.27. The first-order valence-electron chi connectivity index (χ1n) is 7.70. The summed E-state index contributed by atoms with van der Waals surface area (Å²) in [5.41, 5.74) is 0. The minimum atomic E-state index is -4.65. The van der Waals surface area contributed by atoms with E-state index in [2.05, 4.69) is 0 Å². The standard InChI is InChI=1S/C7H15Cl2N2O2P/c8-2-4-10-14(12)11(6-3-9)5-1-7-13-14/h1-7H2,(H,10,12)/i2D2,4D2,5D2,7D2. The van der Waals surface area contributed by atoms with Crippen LogP contribution in [0.15, 0.2) is 0 Å². The third-order valence-electron chi connectivity index (χ3n) is 1.38. The number of alkyl halides is 2. The van der Waals surface area contributed by atoms with Gasteiger partial charge in [-0.3, -0.25) is 4.57 Å². The van der Waals surface area contributed by atoms with E-state index in [0.29, 0.717) is 4.67 Å². The van der Waals surface area contributed by atoms with Gasteiger partial charge in [-0.1, -0.05) is 0 Å². The molecule has 1 fully saturated rings. The van der Waals surface area contributed by atoms with Gasteiger partial charge < -0.3 is 4.52 Å². The van der Waals surface area contributed by atoms with E-state index >= 15 is 0 Å². The number of rotatable bonds is 5. The van der Waals surface area contributed by atoms with Gasteiger partial charge in [0, 0.05) is 39.5 Å². The quantitative estimate of drug-likeness (QED) is 0.611. The summed E-state index contributed by atoms with van der Waals surface area (Å²) in [5, 5.41) is 1.70. The normalized spacial score (nSPS) is 47.0. The molecule has 1 N–H and O–H groups in total. The average molecular weight is 269 g/mol. The van der Waals surface area contributed by atoms with E-state index < -0.39 is 39.5 Å². The van der Waals surface area contributed by atoms with Crippen LogP contribution in [0.1, 0.15) is 17.4 Å². The van der Waals surface area contributed by atoms with Crippen molar-refractivity contribution in [1.29, 1.82) is 0 Å². The second-order valence-electron chi connectivity index (χ2n) is 2.23. The maximum atomic E-state index is 12.8. The van der Waals surface area contributed by atoms with E-state index in [-0.39, 0.29) is 12.4 Å². The van der Waals surface area contributed by atoms with Gasteiger partial charge >= 0.3 is 7.67 Å². The van der Waals surface area contributed by atoms with Crippen molar-refractivity contribution in [2.75, 3.05) is 37.8 Å². The Kier molecular flexibility index (Phi) is 2.41. The maximum Gasteiger partial charge on any atom is 0.343 e. The van der Waals surface area contributed by atoms with E-state index in [1.165, 1.54) is 0 Å². The Hall–Kier alpha value is 0.690. The molecule has 1 unspecified atom stereocenters. The molecule has 0 aliphatic carbocycles. The van der Waals surface area contributed by atoms with Gasteiger partial charge in [0.15, 0.2) is 0 Å². The van der Waals surface area contributed by atoms with Crippen LogP contribution in [0.5, 0.6) is 0 Å². The van der Waals surface area contributed by atoms with Crippen LogP contribution in [0.2, 0.25) is 0 Å². The molecule has 1 aliphatic heterocycles. The van der Waals surface area contributed by atoms with E-state index in [4.69, 9.17) is 38.7 Å². The first-order chi connectivity index (χ1) is 9.56. The van der Waals surface area contributed by atoms with Crippen LogP contribution in [-0.4, -0.2) is 42.5 Å². The zero-order chi connectivity index (χ0) is 17.6. The van der Waals surface area contributed by atoms with Crippen LogP contribution >= 0.6 is 30.9 Å². The molecule has 14 heavy (non-hydrogen) atoms. The van der Waals surface area contributed by atoms with E-state index in [1.54, 1.807) is 5.09 Å². The van der Waals surface area contributed by atoms with Gasteiger partial charge in [0.05, 0.1) is 9.30 Å². The number of hydrogen-bond acceptors (Lipinski definition) is 2. The van der Waals surface area contributed by atoms with Crippen molar-refractivity contribution in [2.45, 2.75) is 6.42 Å². The molecule has 84 valence electrons. The Labute approximate surface area is 106 Å². The molecule has 0 saturated carbocycles. The van der Waals surface area contributed by atoms with Crippen molar-refractivity contribution in [3.05, 3.63) is 0 Å². The number of hydrogen-bond donors (Lipinski definition) is 1. The topological polar surface area (TPSA) is 41.6 Å². The van der Waals surface area contributed by atoms with Gasteiger partial charge in [0.1, 0.15) is 0 Å². The molecule has 0 radical (unpaired) electrons. The van der Waals surface area contributed by atoms with Crippen molar-refractivity contribution < 1.29 is 20.1 Å². The van der Waals surface area contributed by atoms with Gasteiger partial charge in [0.25, 0.3) is 0 Å². The molecule has 1 rings (SSSR count). The number of nitrogens with one attached hydrogen (secondary N) is 1. The lowest BCUT2D eigenvalue weighted by atomic mass is 10.4. The molecule has 1 atom stereocenters. The molecule has 1 heterocycles. The van der Waals surface area contributed by atoms with E-state index in [1.807, 2.05) is 0 Å². The van der Waals surface area contributed by atoms with Crippen molar-refractivity contribution in [1.82, 2.24) is 9.76 Å². The highest BCUT2D eigenvalue weighted by atomic mass is 35.5. The smallest absolute Gasteiger partial charge is 0.306 e. The third kappa shape index (κ3) is 3.37. The van der Waals surface area contributed by atoms with Crippen LogP contribution in [-0.2, 0) is 9.09 Å². The predicted molar refractivity (Wildman–Crippen MR) is 59.2 cm³/mol. The molecule has 0 spiro atoms. The van der Waals surface area contributed by atoms with Crippen LogP contribution in [0.25, 0.3) is 0 Å². The molecule has 0 amide bonds. The Morgan fingerprint density at radius 3 is 3.14 bits per heavy atom. The molecule has 1 aliphatic rings. The lowest BCUT2D eigenvalue weighted by molar-refractivity contribution is 0.203. The first kappa shape index (κ1) is 5.35. The van der Waals surface area contributed by atoms with Gasteiger partial charge in [-0.05, 0) is 6.42 Å². The molecular weight excluding hydrogens is 246 g/mol. The largest absolute Gasteiger partial charge is 0.343 e. The van der Waals surface area contributed by atoms with Crippen molar-refractivity contribution in [3.8, 4) is 0 Å². The van der Waals surface area contributed by atoms with E-state index in [0.717, 1.165) is 0 Å². The molecule has 4 nitrogen and oxygen atoms in total. The second kappa shape index (κ2) is 6.31. The summed E-state index contributed by atoms with van der Waals surface area (Å²) in [6.45, 7) is -8.52. The zero-order valence-electron chi connectivity index (χ0n) is 15.1. The highest BCUT2D eigenvalue weighted by Crippen LogP contribution is 2.48. The fraction of sp³-hybridized carbons (Fsp3) is 1.00. The summed E-state index contributed by atoms with van der Waals surface area (Å²) in [5.74, 6) is -3.19. The number of halogens is 2. The molecule has 0 aromatic rings. The molecule has 7 heteroatoms. The van der Waals surface area contributed by atoms with Crippen molar-refractivity contribution >= 4 is 30.9 Å². The lowest BCUT2D eigenvalue weighted by Gasteiger charge is -2.34. The summed E-state index contributed by atoms with van der Waals surface area (Å²) < 4.78 is 78.2. The molecule has 0 aromatic carbocycles. The van der Waals surface area contributed by atoms with Gasteiger partial charge in [0.2, 0.25) is 0 Å². The van der Waals surface area contributed by atoms with Gasteiger partial charge in [-0.25, -0.2) is 9.76 Å². The Morgan fingerprint density at radius 1 is 1.71 bits per heavy atom. The van der Waals surface area contributed by atoms with Crippen molar-refractivity contribution in [3.63, 3.8) is 0 Å². The minimum Gasteiger partial charge on any atom is -0.306 e. The Bertz CT molecular complexity index is 474. The minimum absolute atomic E-state index is 0.186. The summed E-state index contributed by atoms with van der Waals surface area (Å²) in [6, 6.07) is 0. The monoisotopic (exact) mass is 268 g/mol. The van der Waals surface area contributed by atoms with Crippen LogP contribution in [0.4, 0.5) is 0 Å². The molecule has 1 saturated heterocycles. The van der Waals surface area contributed by atoms with Crippen LogP contribution < -0.4 is 5.09 Å². The molecular formula is C7H15Cl2N2O2P. The average Bonchev–Trinajstić information content (AvgIpc) is 2.18. The van der Waals surface area contributed by atoms with Crippen LogP contribution in [0.3, 0.4) is 0 Å². The molecule has 0 bridgehead atoms. The van der Waals surface area contributed by atoms with Gasteiger partial charge in [-0.15, -0.1) is 23.2 Å².